The number of benzene rings is 1. The van der Waals surface area contributed by atoms with Crippen LogP contribution in [0.1, 0.15) is 16.9 Å². The van der Waals surface area contributed by atoms with E-state index in [0.717, 1.165) is 30.5 Å². The second-order valence-electron chi connectivity index (χ2n) is 3.98. The molecule has 2 N–H and O–H groups in total. The summed E-state index contributed by atoms with van der Waals surface area (Å²) in [6.45, 7) is 0. The van der Waals surface area contributed by atoms with Crippen LogP contribution in [0.3, 0.4) is 0 Å². The largest absolute Gasteiger partial charge is 0.375 e. The van der Waals surface area contributed by atoms with Crippen LogP contribution in [0, 0.1) is 5.82 Å². The zero-order valence-electron chi connectivity index (χ0n) is 8.66. The highest BCUT2D eigenvalue weighted by molar-refractivity contribution is 7.15. The minimum Gasteiger partial charge on any atom is -0.375 e. The molecule has 16 heavy (non-hydrogen) atoms. The number of hydrogen-bond donors (Lipinski definition) is 1. The van der Waals surface area contributed by atoms with E-state index in [9.17, 15) is 4.39 Å². The average molecular weight is 234 g/mol. The number of aryl methyl sites for hydroxylation is 2. The molecule has 1 aromatic carbocycles. The van der Waals surface area contributed by atoms with E-state index in [1.54, 1.807) is 6.07 Å². The summed E-state index contributed by atoms with van der Waals surface area (Å²) in [6.07, 6.45) is 3.05. The molecule has 0 saturated carbocycles. The lowest BCUT2D eigenvalue weighted by molar-refractivity contribution is 0.627. The van der Waals surface area contributed by atoms with Gasteiger partial charge in [-0.25, -0.2) is 9.37 Å². The quantitative estimate of drug-likeness (QED) is 0.761. The molecule has 0 bridgehead atoms. The van der Waals surface area contributed by atoms with Gasteiger partial charge in [-0.2, -0.15) is 0 Å². The van der Waals surface area contributed by atoms with Crippen LogP contribution in [0.25, 0.3) is 11.3 Å². The molecule has 1 aromatic heterocycles. The number of fused-ring (bicyclic) bond motifs is 3. The van der Waals surface area contributed by atoms with Gasteiger partial charge in [0.05, 0.1) is 5.69 Å². The topological polar surface area (TPSA) is 38.9 Å². The Morgan fingerprint density at radius 2 is 2.19 bits per heavy atom. The second kappa shape index (κ2) is 3.56. The second-order valence-corrected chi connectivity index (χ2v) is 5.09. The summed E-state index contributed by atoms with van der Waals surface area (Å²) in [5.41, 5.74) is 8.69. The zero-order valence-corrected chi connectivity index (χ0v) is 9.48. The van der Waals surface area contributed by atoms with Crippen LogP contribution in [-0.4, -0.2) is 4.98 Å². The average Bonchev–Trinajstić information content (AvgIpc) is 2.54. The monoisotopic (exact) mass is 234 g/mol. The van der Waals surface area contributed by atoms with Gasteiger partial charge in [0.2, 0.25) is 0 Å². The molecule has 1 aliphatic carbocycles. The van der Waals surface area contributed by atoms with Gasteiger partial charge >= 0.3 is 0 Å². The van der Waals surface area contributed by atoms with Crippen molar-refractivity contribution >= 4 is 16.5 Å². The number of thiazole rings is 1. The summed E-state index contributed by atoms with van der Waals surface area (Å²) in [7, 11) is 0. The molecule has 0 spiro atoms. The van der Waals surface area contributed by atoms with Gasteiger partial charge in [0.15, 0.2) is 5.13 Å². The van der Waals surface area contributed by atoms with Crippen LogP contribution >= 0.6 is 11.3 Å². The van der Waals surface area contributed by atoms with E-state index < -0.39 is 0 Å². The number of nitrogen functional groups attached to an aromatic ring is 1. The summed E-state index contributed by atoms with van der Waals surface area (Å²) in [5, 5.41) is 0.571. The van der Waals surface area contributed by atoms with E-state index in [1.165, 1.54) is 27.8 Å². The minimum atomic E-state index is -0.210. The molecule has 1 aliphatic rings. The standard InChI is InChI=1S/C12H11FN2S/c13-8-5-4-7-2-1-3-10-11(9(7)6-8)15-12(14)16-10/h4-6H,1-3H2,(H2,14,15). The fourth-order valence-corrected chi connectivity index (χ4v) is 3.06. The number of nitrogens with two attached hydrogens (primary N) is 1. The molecular formula is C12H11FN2S. The van der Waals surface area contributed by atoms with Crippen LogP contribution in [0.15, 0.2) is 18.2 Å². The molecule has 3 rings (SSSR count). The molecule has 0 atom stereocenters. The number of anilines is 1. The number of aromatic nitrogens is 1. The highest BCUT2D eigenvalue weighted by Crippen LogP contribution is 2.36. The minimum absolute atomic E-state index is 0.210. The number of rotatable bonds is 0. The first-order chi connectivity index (χ1) is 7.74. The molecule has 0 amide bonds. The lowest BCUT2D eigenvalue weighted by atomic mass is 10.0. The first kappa shape index (κ1) is 9.78. The predicted molar refractivity (Wildman–Crippen MR) is 63.9 cm³/mol. The molecule has 0 radical (unpaired) electrons. The van der Waals surface area contributed by atoms with E-state index in [4.69, 9.17) is 5.73 Å². The third-order valence-electron chi connectivity index (χ3n) is 2.89. The predicted octanol–water partition coefficient (Wildman–Crippen LogP) is 3.02. The van der Waals surface area contributed by atoms with E-state index in [-0.39, 0.29) is 5.82 Å². The van der Waals surface area contributed by atoms with E-state index in [2.05, 4.69) is 4.98 Å². The van der Waals surface area contributed by atoms with Gasteiger partial charge in [-0.15, -0.1) is 11.3 Å². The maximum absolute atomic E-state index is 13.3. The first-order valence-electron chi connectivity index (χ1n) is 5.28. The van der Waals surface area contributed by atoms with Crippen LogP contribution in [0.4, 0.5) is 9.52 Å². The Morgan fingerprint density at radius 3 is 3.06 bits per heavy atom. The Balaban J connectivity index is 2.27. The smallest absolute Gasteiger partial charge is 0.180 e. The molecule has 0 aliphatic heterocycles. The van der Waals surface area contributed by atoms with Crippen molar-refractivity contribution in [3.63, 3.8) is 0 Å². The van der Waals surface area contributed by atoms with Gasteiger partial charge in [-0.1, -0.05) is 6.07 Å². The lowest BCUT2D eigenvalue weighted by Gasteiger charge is -2.04. The molecule has 0 saturated heterocycles. The van der Waals surface area contributed by atoms with Crippen LogP contribution in [0.5, 0.6) is 0 Å². The highest BCUT2D eigenvalue weighted by Gasteiger charge is 2.18. The molecule has 0 unspecified atom stereocenters. The van der Waals surface area contributed by atoms with Crippen molar-refractivity contribution in [1.82, 2.24) is 4.98 Å². The lowest BCUT2D eigenvalue weighted by Crippen LogP contribution is -1.90. The fourth-order valence-electron chi connectivity index (χ4n) is 2.18. The van der Waals surface area contributed by atoms with Crippen molar-refractivity contribution in [3.05, 3.63) is 34.5 Å². The Kier molecular flexibility index (Phi) is 2.17. The maximum Gasteiger partial charge on any atom is 0.180 e. The molecule has 0 fully saturated rings. The van der Waals surface area contributed by atoms with Crippen molar-refractivity contribution in [2.75, 3.05) is 5.73 Å². The van der Waals surface area contributed by atoms with Crippen molar-refractivity contribution in [2.45, 2.75) is 19.3 Å². The third-order valence-corrected chi connectivity index (χ3v) is 3.84. The van der Waals surface area contributed by atoms with Gasteiger partial charge in [-0.3, -0.25) is 0 Å². The van der Waals surface area contributed by atoms with Gasteiger partial charge in [0, 0.05) is 10.4 Å². The van der Waals surface area contributed by atoms with Crippen molar-refractivity contribution in [1.29, 1.82) is 0 Å². The molecule has 82 valence electrons. The molecular weight excluding hydrogens is 223 g/mol. The van der Waals surface area contributed by atoms with Crippen LogP contribution in [0.2, 0.25) is 0 Å². The van der Waals surface area contributed by atoms with E-state index in [1.807, 2.05) is 6.07 Å². The number of halogens is 1. The van der Waals surface area contributed by atoms with Crippen molar-refractivity contribution < 1.29 is 4.39 Å². The molecule has 2 nitrogen and oxygen atoms in total. The summed E-state index contributed by atoms with van der Waals surface area (Å²) in [4.78, 5) is 5.51. The molecule has 1 heterocycles. The third kappa shape index (κ3) is 1.50. The van der Waals surface area contributed by atoms with E-state index >= 15 is 0 Å². The fraction of sp³-hybridized carbons (Fsp3) is 0.250. The summed E-state index contributed by atoms with van der Waals surface area (Å²) in [6, 6.07) is 4.94. The Morgan fingerprint density at radius 1 is 1.31 bits per heavy atom. The van der Waals surface area contributed by atoms with E-state index in [0.29, 0.717) is 5.13 Å². The normalized spacial score (nSPS) is 14.1. The first-order valence-corrected chi connectivity index (χ1v) is 6.09. The van der Waals surface area contributed by atoms with Gasteiger partial charge < -0.3 is 5.73 Å². The van der Waals surface area contributed by atoms with Crippen molar-refractivity contribution in [3.8, 4) is 11.3 Å². The Bertz CT molecular complexity index is 548. The SMILES string of the molecule is Nc1nc2c(s1)CCCc1ccc(F)cc1-2. The van der Waals surface area contributed by atoms with Crippen LogP contribution < -0.4 is 5.73 Å². The summed E-state index contributed by atoms with van der Waals surface area (Å²) < 4.78 is 13.3. The molecule has 2 aromatic rings. The van der Waals surface area contributed by atoms with Crippen molar-refractivity contribution in [2.24, 2.45) is 0 Å². The van der Waals surface area contributed by atoms with Gasteiger partial charge in [0.1, 0.15) is 5.82 Å². The highest BCUT2D eigenvalue weighted by atomic mass is 32.1. The molecule has 4 heteroatoms. The zero-order chi connectivity index (χ0) is 11.1. The summed E-state index contributed by atoms with van der Waals surface area (Å²) >= 11 is 1.52. The maximum atomic E-state index is 13.3. The van der Waals surface area contributed by atoms with Crippen LogP contribution in [-0.2, 0) is 12.8 Å². The van der Waals surface area contributed by atoms with Gasteiger partial charge in [-0.05, 0) is 37.0 Å². The summed E-state index contributed by atoms with van der Waals surface area (Å²) in [5.74, 6) is -0.210. The Labute approximate surface area is 96.9 Å². The van der Waals surface area contributed by atoms with Gasteiger partial charge in [0.25, 0.3) is 0 Å². The number of nitrogens with zero attached hydrogens (tertiary/aromatic N) is 1. The number of hydrogen-bond acceptors (Lipinski definition) is 3. The Hall–Kier alpha value is -1.42.